The second-order valence-electron chi connectivity index (χ2n) is 5.89. The molecule has 4 nitrogen and oxygen atoms in total. The molecule has 1 amide bonds. The van der Waals surface area contributed by atoms with E-state index in [1.54, 1.807) is 6.92 Å². The highest BCUT2D eigenvalue weighted by molar-refractivity contribution is 5.82. The molecular weight excluding hydrogens is 250 g/mol. The number of carbonyl (C=O) groups is 1. The van der Waals surface area contributed by atoms with Gasteiger partial charge >= 0.3 is 0 Å². The van der Waals surface area contributed by atoms with Crippen LogP contribution in [0.25, 0.3) is 0 Å². The molecule has 0 spiro atoms. The van der Waals surface area contributed by atoms with Crippen molar-refractivity contribution < 1.29 is 4.79 Å². The minimum absolute atomic E-state index is 0.0739. The van der Waals surface area contributed by atoms with Gasteiger partial charge in [-0.3, -0.25) is 4.79 Å². The zero-order valence-corrected chi connectivity index (χ0v) is 12.6. The number of likely N-dealkylation sites (tertiary alicyclic amines) is 2. The lowest BCUT2D eigenvalue weighted by Crippen LogP contribution is -2.51. The van der Waals surface area contributed by atoms with Gasteiger partial charge in [0.25, 0.3) is 0 Å². The van der Waals surface area contributed by atoms with Crippen LogP contribution in [0.2, 0.25) is 0 Å². The molecule has 2 rings (SSSR count). The van der Waals surface area contributed by atoms with Crippen LogP contribution in [0, 0.1) is 11.8 Å². The van der Waals surface area contributed by atoms with E-state index < -0.39 is 6.04 Å². The van der Waals surface area contributed by atoms with E-state index in [4.69, 9.17) is 5.73 Å². The molecule has 1 unspecified atom stereocenters. The molecule has 2 fully saturated rings. The van der Waals surface area contributed by atoms with E-state index in [0.717, 1.165) is 25.9 Å². The maximum Gasteiger partial charge on any atom is 0.240 e. The van der Waals surface area contributed by atoms with Crippen LogP contribution in [0.15, 0.2) is 0 Å². The summed E-state index contributed by atoms with van der Waals surface area (Å²) in [6.45, 7) is 5.97. The first-order chi connectivity index (χ1) is 9.72. The third kappa shape index (κ3) is 3.97. The smallest absolute Gasteiger partial charge is 0.240 e. The highest BCUT2D eigenvalue weighted by atomic mass is 16.2. The van der Waals surface area contributed by atoms with Gasteiger partial charge in [-0.25, -0.2) is 0 Å². The number of nitrogens with two attached hydrogens (primary N) is 1. The molecule has 112 valence electrons. The molecule has 0 aromatic carbocycles. The summed E-state index contributed by atoms with van der Waals surface area (Å²) in [6, 6.07) is 0.222. The van der Waals surface area contributed by atoms with Gasteiger partial charge in [0.05, 0.1) is 6.04 Å². The van der Waals surface area contributed by atoms with E-state index in [1.807, 2.05) is 4.90 Å². The zero-order valence-electron chi connectivity index (χ0n) is 12.6. The number of piperidine rings is 2. The molecular formula is C16H27N3O. The molecule has 2 aliphatic rings. The predicted octanol–water partition coefficient (Wildman–Crippen LogP) is 1.20. The summed E-state index contributed by atoms with van der Waals surface area (Å²) >= 11 is 0. The minimum atomic E-state index is -0.450. The lowest BCUT2D eigenvalue weighted by molar-refractivity contribution is -0.134. The van der Waals surface area contributed by atoms with Crippen molar-refractivity contribution in [1.29, 1.82) is 0 Å². The molecule has 2 saturated heterocycles. The Morgan fingerprint density at radius 1 is 1.20 bits per heavy atom. The van der Waals surface area contributed by atoms with Crippen LogP contribution in [0.3, 0.4) is 0 Å². The standard InChI is InChI=1S/C16H27N3O/c1-2-3-7-15(17)16(20)19-12-8-14(9-13-19)18-10-5-4-6-11-18/h14-15H,4-13,17H2,1H3. The Morgan fingerprint density at radius 2 is 1.85 bits per heavy atom. The fraction of sp³-hybridized carbons (Fsp3) is 0.812. The monoisotopic (exact) mass is 277 g/mol. The van der Waals surface area contributed by atoms with Crippen molar-refractivity contribution >= 4 is 5.91 Å². The Morgan fingerprint density at radius 3 is 2.45 bits per heavy atom. The first kappa shape index (κ1) is 15.3. The molecule has 0 aromatic rings. The van der Waals surface area contributed by atoms with Crippen LogP contribution in [0.5, 0.6) is 0 Å². The fourth-order valence-corrected chi connectivity index (χ4v) is 3.27. The number of hydrogen-bond acceptors (Lipinski definition) is 3. The second kappa shape index (κ2) is 7.66. The van der Waals surface area contributed by atoms with Crippen LogP contribution in [-0.4, -0.2) is 54.0 Å². The van der Waals surface area contributed by atoms with Crippen LogP contribution in [-0.2, 0) is 4.79 Å². The van der Waals surface area contributed by atoms with E-state index in [9.17, 15) is 4.79 Å². The molecule has 0 aliphatic carbocycles. The van der Waals surface area contributed by atoms with Gasteiger partial charge in [0.1, 0.15) is 0 Å². The van der Waals surface area contributed by atoms with Crippen molar-refractivity contribution in [2.24, 2.45) is 5.73 Å². The summed E-state index contributed by atoms with van der Waals surface area (Å²) < 4.78 is 0. The molecule has 2 heterocycles. The molecule has 1 atom stereocenters. The van der Waals surface area contributed by atoms with Gasteiger partial charge in [-0.1, -0.05) is 6.42 Å². The second-order valence-corrected chi connectivity index (χ2v) is 5.89. The number of carbonyl (C=O) groups excluding carboxylic acids is 1. The molecule has 0 aromatic heterocycles. The van der Waals surface area contributed by atoms with Crippen LogP contribution in [0.4, 0.5) is 0 Å². The Labute approximate surface area is 122 Å². The molecule has 2 aliphatic heterocycles. The van der Waals surface area contributed by atoms with E-state index in [2.05, 4.69) is 16.7 Å². The van der Waals surface area contributed by atoms with E-state index in [1.165, 1.54) is 32.4 Å². The highest BCUT2D eigenvalue weighted by Crippen LogP contribution is 2.21. The number of nitrogens with zero attached hydrogens (tertiary/aromatic N) is 2. The van der Waals surface area contributed by atoms with Gasteiger partial charge in [0.2, 0.25) is 5.91 Å². The van der Waals surface area contributed by atoms with Crippen molar-refractivity contribution in [3.8, 4) is 11.8 Å². The molecule has 0 radical (unpaired) electrons. The Hall–Kier alpha value is -1.05. The Balaban J connectivity index is 1.77. The lowest BCUT2D eigenvalue weighted by atomic mass is 9.99. The van der Waals surface area contributed by atoms with Gasteiger partial charge in [-0.15, -0.1) is 11.8 Å². The molecule has 0 saturated carbocycles. The number of rotatable bonds is 3. The summed E-state index contributed by atoms with van der Waals surface area (Å²) in [7, 11) is 0. The lowest BCUT2D eigenvalue weighted by Gasteiger charge is -2.40. The van der Waals surface area contributed by atoms with Crippen molar-refractivity contribution in [2.45, 2.75) is 57.5 Å². The minimum Gasteiger partial charge on any atom is -0.341 e. The first-order valence-electron chi connectivity index (χ1n) is 7.90. The SMILES string of the molecule is CC#CCC(N)C(=O)N1CCC(N2CCCCC2)CC1. The van der Waals surface area contributed by atoms with Gasteiger partial charge in [-0.2, -0.15) is 0 Å². The van der Waals surface area contributed by atoms with Gasteiger partial charge in [0.15, 0.2) is 0 Å². The zero-order chi connectivity index (χ0) is 14.4. The normalized spacial score (nSPS) is 23.0. The first-order valence-corrected chi connectivity index (χ1v) is 7.90. The van der Waals surface area contributed by atoms with E-state index in [0.29, 0.717) is 12.5 Å². The third-order valence-corrected chi connectivity index (χ3v) is 4.50. The number of hydrogen-bond donors (Lipinski definition) is 1. The van der Waals surface area contributed by atoms with Crippen molar-refractivity contribution in [3.05, 3.63) is 0 Å². The van der Waals surface area contributed by atoms with Crippen LogP contribution < -0.4 is 5.73 Å². The number of amides is 1. The largest absolute Gasteiger partial charge is 0.341 e. The summed E-state index contributed by atoms with van der Waals surface area (Å²) in [6.07, 6.45) is 6.71. The summed E-state index contributed by atoms with van der Waals surface area (Å²) in [5.41, 5.74) is 5.91. The van der Waals surface area contributed by atoms with Gasteiger partial charge in [0, 0.05) is 25.6 Å². The average Bonchev–Trinajstić information content (AvgIpc) is 2.53. The molecule has 0 bridgehead atoms. The van der Waals surface area contributed by atoms with Crippen molar-refractivity contribution in [3.63, 3.8) is 0 Å². The van der Waals surface area contributed by atoms with Crippen LogP contribution >= 0.6 is 0 Å². The van der Waals surface area contributed by atoms with Gasteiger partial charge < -0.3 is 15.5 Å². The fourth-order valence-electron chi connectivity index (χ4n) is 3.27. The summed E-state index contributed by atoms with van der Waals surface area (Å²) in [4.78, 5) is 16.8. The molecule has 4 heteroatoms. The third-order valence-electron chi connectivity index (χ3n) is 4.50. The van der Waals surface area contributed by atoms with Crippen molar-refractivity contribution in [1.82, 2.24) is 9.80 Å². The van der Waals surface area contributed by atoms with E-state index >= 15 is 0 Å². The topological polar surface area (TPSA) is 49.6 Å². The molecule has 2 N–H and O–H groups in total. The van der Waals surface area contributed by atoms with E-state index in [-0.39, 0.29) is 5.91 Å². The quantitative estimate of drug-likeness (QED) is 0.789. The van der Waals surface area contributed by atoms with Crippen molar-refractivity contribution in [2.75, 3.05) is 26.2 Å². The van der Waals surface area contributed by atoms with Gasteiger partial charge in [-0.05, 0) is 45.7 Å². The maximum atomic E-state index is 12.2. The van der Waals surface area contributed by atoms with Crippen LogP contribution in [0.1, 0.15) is 45.4 Å². The maximum absolute atomic E-state index is 12.2. The summed E-state index contributed by atoms with van der Waals surface area (Å²) in [5, 5.41) is 0. The Bertz CT molecular complexity index is 371. The predicted molar refractivity (Wildman–Crippen MR) is 81.1 cm³/mol. The molecule has 20 heavy (non-hydrogen) atoms. The Kier molecular flexibility index (Phi) is 5.87. The highest BCUT2D eigenvalue weighted by Gasteiger charge is 2.29. The average molecular weight is 277 g/mol. The summed E-state index contributed by atoms with van der Waals surface area (Å²) in [5.74, 6) is 5.77.